The first-order valence-corrected chi connectivity index (χ1v) is 5.29. The molecule has 2 aromatic rings. The topological polar surface area (TPSA) is 38.0 Å². The molecule has 2 rings (SSSR count). The summed E-state index contributed by atoms with van der Waals surface area (Å²) in [5.74, 6) is 0. The molecule has 0 aliphatic rings. The first kappa shape index (κ1) is 12.6. The minimum Gasteiger partial charge on any atom is -0.386 e. The quantitative estimate of drug-likeness (QED) is 0.916. The van der Waals surface area contributed by atoms with E-state index in [2.05, 4.69) is 5.10 Å². The number of aromatic nitrogens is 2. The van der Waals surface area contributed by atoms with E-state index in [9.17, 15) is 18.3 Å². The van der Waals surface area contributed by atoms with Crippen molar-refractivity contribution >= 4 is 0 Å². The molecule has 1 heterocycles. The molecule has 0 amide bonds. The number of aliphatic hydroxyl groups excluding tert-OH is 1. The van der Waals surface area contributed by atoms with Crippen molar-refractivity contribution in [3.05, 3.63) is 53.9 Å². The van der Waals surface area contributed by atoms with Gasteiger partial charge < -0.3 is 5.11 Å². The number of nitrogens with zero attached hydrogens (tertiary/aromatic N) is 2. The van der Waals surface area contributed by atoms with Crippen LogP contribution in [0.3, 0.4) is 0 Å². The summed E-state index contributed by atoms with van der Waals surface area (Å²) in [7, 11) is 0. The van der Waals surface area contributed by atoms with Crippen molar-refractivity contribution in [1.82, 2.24) is 9.78 Å². The molecule has 1 aromatic heterocycles. The summed E-state index contributed by atoms with van der Waals surface area (Å²) in [6.45, 7) is 0.207. The van der Waals surface area contributed by atoms with Gasteiger partial charge in [-0.3, -0.25) is 4.68 Å². The van der Waals surface area contributed by atoms with Crippen LogP contribution in [0, 0.1) is 0 Å². The van der Waals surface area contributed by atoms with E-state index in [0.717, 1.165) is 12.1 Å². The van der Waals surface area contributed by atoms with Crippen LogP contribution < -0.4 is 0 Å². The van der Waals surface area contributed by atoms with Crippen molar-refractivity contribution in [1.29, 1.82) is 0 Å². The maximum Gasteiger partial charge on any atom is 0.416 e. The molecule has 0 aliphatic heterocycles. The van der Waals surface area contributed by atoms with Crippen LogP contribution in [0.2, 0.25) is 0 Å². The lowest BCUT2D eigenvalue weighted by Gasteiger charge is -2.12. The average molecular weight is 256 g/mol. The molecule has 1 unspecified atom stereocenters. The van der Waals surface area contributed by atoms with E-state index in [4.69, 9.17) is 0 Å². The normalized spacial score (nSPS) is 13.6. The molecule has 0 saturated heterocycles. The summed E-state index contributed by atoms with van der Waals surface area (Å²) in [6.07, 6.45) is -2.00. The van der Waals surface area contributed by atoms with Crippen LogP contribution in [0.15, 0.2) is 42.7 Å². The van der Waals surface area contributed by atoms with Gasteiger partial charge in [-0.15, -0.1) is 0 Å². The number of benzene rings is 1. The Labute approximate surface area is 101 Å². The summed E-state index contributed by atoms with van der Waals surface area (Å²) >= 11 is 0. The third-order valence-corrected chi connectivity index (χ3v) is 2.54. The molecular formula is C12H11F3N2O. The Kier molecular flexibility index (Phi) is 3.38. The summed E-state index contributed by atoms with van der Waals surface area (Å²) in [5.41, 5.74) is -0.295. The van der Waals surface area contributed by atoms with Gasteiger partial charge in [0.25, 0.3) is 0 Å². The zero-order valence-electron chi connectivity index (χ0n) is 9.30. The highest BCUT2D eigenvalue weighted by atomic mass is 19.4. The van der Waals surface area contributed by atoms with E-state index in [0.29, 0.717) is 5.56 Å². The SMILES string of the molecule is OC(Cn1cccn1)c1ccc(C(F)(F)F)cc1. The molecular weight excluding hydrogens is 245 g/mol. The minimum atomic E-state index is -4.36. The Bertz CT molecular complexity index is 491. The fourth-order valence-corrected chi connectivity index (χ4v) is 1.59. The molecule has 0 spiro atoms. The van der Waals surface area contributed by atoms with E-state index in [1.165, 1.54) is 16.8 Å². The number of aliphatic hydroxyl groups is 1. The Balaban J connectivity index is 2.10. The van der Waals surface area contributed by atoms with Gasteiger partial charge in [-0.25, -0.2) is 0 Å². The molecule has 1 N–H and O–H groups in total. The highest BCUT2D eigenvalue weighted by Crippen LogP contribution is 2.30. The molecule has 1 aromatic carbocycles. The lowest BCUT2D eigenvalue weighted by atomic mass is 10.1. The fraction of sp³-hybridized carbons (Fsp3) is 0.250. The van der Waals surface area contributed by atoms with Gasteiger partial charge in [-0.05, 0) is 23.8 Å². The fourth-order valence-electron chi connectivity index (χ4n) is 1.59. The van der Waals surface area contributed by atoms with Gasteiger partial charge in [-0.2, -0.15) is 18.3 Å². The van der Waals surface area contributed by atoms with Crippen molar-refractivity contribution in [2.75, 3.05) is 0 Å². The van der Waals surface area contributed by atoms with Crippen LogP contribution in [-0.2, 0) is 12.7 Å². The molecule has 18 heavy (non-hydrogen) atoms. The lowest BCUT2D eigenvalue weighted by Crippen LogP contribution is -2.10. The van der Waals surface area contributed by atoms with E-state index in [1.54, 1.807) is 18.5 Å². The molecule has 0 fully saturated rings. The van der Waals surface area contributed by atoms with Crippen molar-refractivity contribution in [2.24, 2.45) is 0 Å². The number of hydrogen-bond donors (Lipinski definition) is 1. The largest absolute Gasteiger partial charge is 0.416 e. The minimum absolute atomic E-state index is 0.207. The summed E-state index contributed by atoms with van der Waals surface area (Å²) in [6, 6.07) is 6.18. The van der Waals surface area contributed by atoms with E-state index < -0.39 is 17.8 Å². The van der Waals surface area contributed by atoms with E-state index >= 15 is 0 Å². The van der Waals surface area contributed by atoms with E-state index in [-0.39, 0.29) is 6.54 Å². The number of alkyl halides is 3. The Morgan fingerprint density at radius 3 is 2.39 bits per heavy atom. The molecule has 96 valence electrons. The standard InChI is InChI=1S/C12H11F3N2O/c13-12(14,15)10-4-2-9(3-5-10)11(18)8-17-7-1-6-16-17/h1-7,11,18H,8H2. The summed E-state index contributed by atoms with van der Waals surface area (Å²) in [4.78, 5) is 0. The third-order valence-electron chi connectivity index (χ3n) is 2.54. The predicted molar refractivity (Wildman–Crippen MR) is 58.6 cm³/mol. The Morgan fingerprint density at radius 2 is 1.89 bits per heavy atom. The zero-order chi connectivity index (χ0) is 13.2. The molecule has 6 heteroatoms. The number of halogens is 3. The van der Waals surface area contributed by atoms with Gasteiger partial charge >= 0.3 is 6.18 Å². The van der Waals surface area contributed by atoms with Crippen molar-refractivity contribution in [3.63, 3.8) is 0 Å². The maximum atomic E-state index is 12.3. The van der Waals surface area contributed by atoms with Gasteiger partial charge in [0.2, 0.25) is 0 Å². The molecule has 3 nitrogen and oxygen atoms in total. The van der Waals surface area contributed by atoms with Gasteiger partial charge in [0.05, 0.1) is 18.2 Å². The highest BCUT2D eigenvalue weighted by Gasteiger charge is 2.30. The molecule has 1 atom stereocenters. The second kappa shape index (κ2) is 4.81. The smallest absolute Gasteiger partial charge is 0.386 e. The third kappa shape index (κ3) is 2.89. The van der Waals surface area contributed by atoms with Gasteiger partial charge in [0.1, 0.15) is 0 Å². The maximum absolute atomic E-state index is 12.3. The van der Waals surface area contributed by atoms with Crippen LogP contribution >= 0.6 is 0 Å². The molecule has 0 aliphatic carbocycles. The lowest BCUT2D eigenvalue weighted by molar-refractivity contribution is -0.137. The van der Waals surface area contributed by atoms with Crippen LogP contribution in [0.5, 0.6) is 0 Å². The monoisotopic (exact) mass is 256 g/mol. The van der Waals surface area contributed by atoms with Crippen LogP contribution in [0.25, 0.3) is 0 Å². The van der Waals surface area contributed by atoms with Crippen LogP contribution in [-0.4, -0.2) is 14.9 Å². The Morgan fingerprint density at radius 1 is 1.22 bits per heavy atom. The predicted octanol–water partition coefficient (Wildman–Crippen LogP) is 2.64. The van der Waals surface area contributed by atoms with E-state index in [1.807, 2.05) is 0 Å². The first-order valence-electron chi connectivity index (χ1n) is 5.29. The summed E-state index contributed by atoms with van der Waals surface area (Å²) < 4.78 is 38.6. The Hall–Kier alpha value is -1.82. The van der Waals surface area contributed by atoms with Gasteiger partial charge in [0.15, 0.2) is 0 Å². The van der Waals surface area contributed by atoms with Gasteiger partial charge in [0, 0.05) is 12.4 Å². The van der Waals surface area contributed by atoms with Crippen LogP contribution in [0.4, 0.5) is 13.2 Å². The average Bonchev–Trinajstić information content (AvgIpc) is 2.81. The molecule has 0 saturated carbocycles. The first-order chi connectivity index (χ1) is 8.47. The van der Waals surface area contributed by atoms with Crippen LogP contribution in [0.1, 0.15) is 17.2 Å². The summed E-state index contributed by atoms with van der Waals surface area (Å²) in [5, 5.41) is 13.8. The van der Waals surface area contributed by atoms with Crippen molar-refractivity contribution in [2.45, 2.75) is 18.8 Å². The second-order valence-corrected chi connectivity index (χ2v) is 3.86. The highest BCUT2D eigenvalue weighted by molar-refractivity contribution is 5.25. The van der Waals surface area contributed by atoms with Crippen molar-refractivity contribution in [3.8, 4) is 0 Å². The molecule has 0 radical (unpaired) electrons. The number of rotatable bonds is 3. The van der Waals surface area contributed by atoms with Gasteiger partial charge in [-0.1, -0.05) is 12.1 Å². The second-order valence-electron chi connectivity index (χ2n) is 3.86. The molecule has 0 bridgehead atoms. The zero-order valence-corrected chi connectivity index (χ0v) is 9.30. The van der Waals surface area contributed by atoms with Crippen molar-refractivity contribution < 1.29 is 18.3 Å². The number of hydrogen-bond acceptors (Lipinski definition) is 2.